The lowest BCUT2D eigenvalue weighted by atomic mass is 10.4. The van der Waals surface area contributed by atoms with Crippen molar-refractivity contribution in [2.75, 3.05) is 24.6 Å². The molecule has 1 saturated heterocycles. The first-order chi connectivity index (χ1) is 7.70. The van der Waals surface area contributed by atoms with Gasteiger partial charge in [-0.15, -0.1) is 0 Å². The molecule has 16 heavy (non-hydrogen) atoms. The van der Waals surface area contributed by atoms with E-state index in [1.165, 1.54) is 11.3 Å². The summed E-state index contributed by atoms with van der Waals surface area (Å²) < 4.78 is 5.57. The molecule has 1 atom stereocenters. The van der Waals surface area contributed by atoms with E-state index >= 15 is 0 Å². The third-order valence-electron chi connectivity index (χ3n) is 2.50. The fourth-order valence-electron chi connectivity index (χ4n) is 1.72. The fraction of sp³-hybridized carbons (Fsp3) is 0.700. The van der Waals surface area contributed by atoms with E-state index in [0.29, 0.717) is 5.15 Å². The maximum atomic E-state index is 9.08. The Hall–Kier alpha value is -0.360. The highest BCUT2D eigenvalue weighted by Gasteiger charge is 2.19. The van der Waals surface area contributed by atoms with Gasteiger partial charge in [0.15, 0.2) is 5.13 Å². The van der Waals surface area contributed by atoms with Crippen molar-refractivity contribution >= 4 is 28.1 Å². The number of aliphatic hydroxyl groups is 1. The monoisotopic (exact) mass is 262 g/mol. The van der Waals surface area contributed by atoms with Crippen LogP contribution in [0.2, 0.25) is 5.15 Å². The molecule has 1 unspecified atom stereocenters. The van der Waals surface area contributed by atoms with E-state index in [2.05, 4.69) is 16.8 Å². The Kier molecular flexibility index (Phi) is 4.02. The van der Waals surface area contributed by atoms with Crippen LogP contribution >= 0.6 is 22.9 Å². The zero-order valence-corrected chi connectivity index (χ0v) is 10.7. The molecule has 1 aromatic heterocycles. The summed E-state index contributed by atoms with van der Waals surface area (Å²) in [6.07, 6.45) is 1.21. The molecule has 0 bridgehead atoms. The molecule has 4 nitrogen and oxygen atoms in total. The predicted octanol–water partition coefficient (Wildman–Crippen LogP) is 1.90. The summed E-state index contributed by atoms with van der Waals surface area (Å²) in [4.78, 5) is 7.18. The summed E-state index contributed by atoms with van der Waals surface area (Å²) in [5.41, 5.74) is 0. The number of thiazole rings is 1. The maximum Gasteiger partial charge on any atom is 0.187 e. The van der Waals surface area contributed by atoms with Crippen LogP contribution in [0.3, 0.4) is 0 Å². The number of anilines is 1. The van der Waals surface area contributed by atoms with Crippen molar-refractivity contribution in [1.82, 2.24) is 4.98 Å². The molecule has 1 fully saturated rings. The molecule has 1 aliphatic heterocycles. The predicted molar refractivity (Wildman–Crippen MR) is 65.3 cm³/mol. The van der Waals surface area contributed by atoms with Gasteiger partial charge in [0.25, 0.3) is 0 Å². The summed E-state index contributed by atoms with van der Waals surface area (Å²) in [5, 5.41) is 10.4. The number of ether oxygens (including phenoxy) is 1. The van der Waals surface area contributed by atoms with Gasteiger partial charge in [0, 0.05) is 19.7 Å². The van der Waals surface area contributed by atoms with Gasteiger partial charge in [-0.05, 0) is 13.3 Å². The highest BCUT2D eigenvalue weighted by atomic mass is 35.5. The Labute approximate surface area is 104 Å². The maximum absolute atomic E-state index is 9.08. The average Bonchev–Trinajstić information content (AvgIpc) is 2.49. The number of halogens is 1. The van der Waals surface area contributed by atoms with E-state index in [1.54, 1.807) is 0 Å². The normalized spacial score (nSPS) is 22.2. The lowest BCUT2D eigenvalue weighted by Crippen LogP contribution is -2.29. The molecule has 0 aliphatic carbocycles. The molecule has 6 heteroatoms. The van der Waals surface area contributed by atoms with Crippen LogP contribution in [0.25, 0.3) is 0 Å². The first-order valence-electron chi connectivity index (χ1n) is 5.33. The van der Waals surface area contributed by atoms with E-state index in [0.717, 1.165) is 36.1 Å². The van der Waals surface area contributed by atoms with Gasteiger partial charge >= 0.3 is 0 Å². The molecular formula is C10H15ClN2O2S. The molecule has 1 aromatic rings. The topological polar surface area (TPSA) is 45.6 Å². The van der Waals surface area contributed by atoms with Gasteiger partial charge in [-0.1, -0.05) is 22.9 Å². The smallest absolute Gasteiger partial charge is 0.187 e. The minimum absolute atomic E-state index is 0.0452. The minimum Gasteiger partial charge on any atom is -0.391 e. The number of hydrogen-bond donors (Lipinski definition) is 1. The SMILES string of the molecule is CC1CN(c2nc(Cl)c(CO)s2)CCCO1. The fourth-order valence-corrected chi connectivity index (χ4v) is 2.87. The van der Waals surface area contributed by atoms with E-state index in [4.69, 9.17) is 21.4 Å². The van der Waals surface area contributed by atoms with Crippen molar-refractivity contribution < 1.29 is 9.84 Å². The van der Waals surface area contributed by atoms with Crippen LogP contribution in [0.5, 0.6) is 0 Å². The van der Waals surface area contributed by atoms with Gasteiger partial charge in [-0.2, -0.15) is 0 Å². The van der Waals surface area contributed by atoms with Gasteiger partial charge in [0.05, 0.1) is 17.6 Å². The largest absolute Gasteiger partial charge is 0.391 e. The van der Waals surface area contributed by atoms with E-state index < -0.39 is 0 Å². The van der Waals surface area contributed by atoms with Gasteiger partial charge in [-0.25, -0.2) is 4.98 Å². The molecule has 90 valence electrons. The van der Waals surface area contributed by atoms with E-state index in [1.807, 2.05) is 0 Å². The molecule has 2 heterocycles. The second-order valence-electron chi connectivity index (χ2n) is 3.85. The van der Waals surface area contributed by atoms with E-state index in [-0.39, 0.29) is 12.7 Å². The molecule has 0 spiro atoms. The van der Waals surface area contributed by atoms with Crippen molar-refractivity contribution in [2.45, 2.75) is 26.1 Å². The Bertz CT molecular complexity index is 359. The Morgan fingerprint density at radius 1 is 1.69 bits per heavy atom. The summed E-state index contributed by atoms with van der Waals surface area (Å²) in [6, 6.07) is 0. The summed E-state index contributed by atoms with van der Waals surface area (Å²) in [6.45, 7) is 4.56. The number of rotatable bonds is 2. The Morgan fingerprint density at radius 3 is 3.19 bits per heavy atom. The summed E-state index contributed by atoms with van der Waals surface area (Å²) in [7, 11) is 0. The van der Waals surface area contributed by atoms with Crippen LogP contribution in [0, 0.1) is 0 Å². The van der Waals surface area contributed by atoms with Crippen molar-refractivity contribution in [3.05, 3.63) is 10.0 Å². The third kappa shape index (κ3) is 2.66. The molecule has 0 saturated carbocycles. The highest BCUT2D eigenvalue weighted by molar-refractivity contribution is 7.16. The van der Waals surface area contributed by atoms with Crippen molar-refractivity contribution in [3.8, 4) is 0 Å². The minimum atomic E-state index is -0.0452. The first-order valence-corrected chi connectivity index (χ1v) is 6.52. The van der Waals surface area contributed by atoms with Crippen LogP contribution in [0.1, 0.15) is 18.2 Å². The van der Waals surface area contributed by atoms with Crippen LogP contribution in [-0.2, 0) is 11.3 Å². The van der Waals surface area contributed by atoms with Crippen LogP contribution in [0.15, 0.2) is 0 Å². The molecule has 0 aromatic carbocycles. The number of aromatic nitrogens is 1. The third-order valence-corrected chi connectivity index (χ3v) is 4.03. The number of aliphatic hydroxyl groups excluding tert-OH is 1. The molecular weight excluding hydrogens is 248 g/mol. The van der Waals surface area contributed by atoms with Crippen LogP contribution < -0.4 is 4.90 Å². The summed E-state index contributed by atoms with van der Waals surface area (Å²) >= 11 is 7.38. The molecule has 0 radical (unpaired) electrons. The van der Waals surface area contributed by atoms with Gasteiger partial charge in [0.2, 0.25) is 0 Å². The van der Waals surface area contributed by atoms with Gasteiger partial charge < -0.3 is 14.7 Å². The lowest BCUT2D eigenvalue weighted by Gasteiger charge is -2.20. The number of nitrogens with zero attached hydrogens (tertiary/aromatic N) is 2. The van der Waals surface area contributed by atoms with E-state index in [9.17, 15) is 0 Å². The van der Waals surface area contributed by atoms with Crippen molar-refractivity contribution in [1.29, 1.82) is 0 Å². The number of hydrogen-bond acceptors (Lipinski definition) is 5. The molecule has 1 aliphatic rings. The standard InChI is InChI=1S/C10H15ClN2O2S/c1-7-5-13(3-2-4-15-7)10-12-9(11)8(6-14)16-10/h7,14H,2-6H2,1H3. The zero-order valence-electron chi connectivity index (χ0n) is 9.15. The quantitative estimate of drug-likeness (QED) is 0.884. The first kappa shape index (κ1) is 12.1. The van der Waals surface area contributed by atoms with Gasteiger partial charge in [-0.3, -0.25) is 0 Å². The second kappa shape index (κ2) is 5.31. The Morgan fingerprint density at radius 2 is 2.50 bits per heavy atom. The van der Waals surface area contributed by atoms with Crippen LogP contribution in [-0.4, -0.2) is 35.9 Å². The highest BCUT2D eigenvalue weighted by Crippen LogP contribution is 2.30. The van der Waals surface area contributed by atoms with Crippen LogP contribution in [0.4, 0.5) is 5.13 Å². The van der Waals surface area contributed by atoms with Crippen molar-refractivity contribution in [3.63, 3.8) is 0 Å². The van der Waals surface area contributed by atoms with Crippen molar-refractivity contribution in [2.24, 2.45) is 0 Å². The van der Waals surface area contributed by atoms with Gasteiger partial charge in [0.1, 0.15) is 5.15 Å². The Balaban J connectivity index is 2.15. The second-order valence-corrected chi connectivity index (χ2v) is 5.27. The molecule has 0 amide bonds. The lowest BCUT2D eigenvalue weighted by molar-refractivity contribution is 0.0821. The summed E-state index contributed by atoms with van der Waals surface area (Å²) in [5.74, 6) is 0. The molecule has 1 N–H and O–H groups in total. The molecule has 2 rings (SSSR count). The average molecular weight is 263 g/mol. The zero-order chi connectivity index (χ0) is 11.5.